The van der Waals surface area contributed by atoms with Gasteiger partial charge < -0.3 is 28.4 Å². The van der Waals surface area contributed by atoms with Gasteiger partial charge in [0.05, 0.1) is 19.4 Å². The molecular formula is C30H34N2O6. The predicted octanol–water partition coefficient (Wildman–Crippen LogP) is 4.60. The summed E-state index contributed by atoms with van der Waals surface area (Å²) in [5.74, 6) is 2.05. The Morgan fingerprint density at radius 1 is 0.974 bits per heavy atom. The van der Waals surface area contributed by atoms with Crippen LogP contribution in [0.15, 0.2) is 71.3 Å². The summed E-state index contributed by atoms with van der Waals surface area (Å²) in [5.41, 5.74) is 2.09. The number of hydrogen-bond acceptors (Lipinski definition) is 6. The summed E-state index contributed by atoms with van der Waals surface area (Å²) < 4.78 is 22.0. The molecule has 0 N–H and O–H groups in total. The standard InChI is InChI=1S/C30H34N2O6/c1-2-35-14-7-13-31(30(34)26-17-25(26)23-8-4-3-5-9-23)20-29(33)32(19-24-10-6-15-36-24)18-22-11-12-27-28(16-22)38-21-37-27/h3-6,8-12,15-16,25-26H,2,7,13-14,17-21H2,1H3/t25-,26-/m0/s1. The average Bonchev–Trinajstić information content (AvgIpc) is 3.31. The van der Waals surface area contributed by atoms with Crippen LogP contribution >= 0.6 is 0 Å². The molecule has 0 radical (unpaired) electrons. The number of rotatable bonds is 13. The summed E-state index contributed by atoms with van der Waals surface area (Å²) in [7, 11) is 0. The van der Waals surface area contributed by atoms with Crippen LogP contribution in [0.25, 0.3) is 0 Å². The van der Waals surface area contributed by atoms with Crippen molar-refractivity contribution < 1.29 is 28.2 Å². The van der Waals surface area contributed by atoms with E-state index in [-0.39, 0.29) is 37.0 Å². The molecule has 200 valence electrons. The number of carbonyl (C=O) groups is 2. The zero-order valence-electron chi connectivity index (χ0n) is 21.7. The van der Waals surface area contributed by atoms with E-state index in [1.54, 1.807) is 22.1 Å². The largest absolute Gasteiger partial charge is 0.467 e. The molecule has 2 heterocycles. The first kappa shape index (κ1) is 25.9. The number of nitrogens with zero attached hydrogens (tertiary/aromatic N) is 2. The van der Waals surface area contributed by atoms with Crippen molar-refractivity contribution in [3.63, 3.8) is 0 Å². The molecule has 1 aromatic heterocycles. The summed E-state index contributed by atoms with van der Waals surface area (Å²) in [6, 6.07) is 19.4. The minimum Gasteiger partial charge on any atom is -0.467 e. The van der Waals surface area contributed by atoms with E-state index in [4.69, 9.17) is 18.6 Å². The first-order chi connectivity index (χ1) is 18.6. The number of ether oxygens (including phenoxy) is 3. The van der Waals surface area contributed by atoms with Crippen LogP contribution in [0, 0.1) is 5.92 Å². The molecule has 0 spiro atoms. The van der Waals surface area contributed by atoms with Crippen molar-refractivity contribution in [2.75, 3.05) is 33.1 Å². The van der Waals surface area contributed by atoms with E-state index in [0.717, 1.165) is 12.0 Å². The fraction of sp³-hybridized carbons (Fsp3) is 0.400. The zero-order valence-corrected chi connectivity index (χ0v) is 21.7. The van der Waals surface area contributed by atoms with E-state index >= 15 is 0 Å². The second-order valence-electron chi connectivity index (χ2n) is 9.69. The predicted molar refractivity (Wildman–Crippen MR) is 141 cm³/mol. The second-order valence-corrected chi connectivity index (χ2v) is 9.69. The Kier molecular flexibility index (Phi) is 8.28. The molecule has 2 atom stereocenters. The molecule has 0 unspecified atom stereocenters. The van der Waals surface area contributed by atoms with Crippen molar-refractivity contribution in [1.82, 2.24) is 9.80 Å². The van der Waals surface area contributed by atoms with Crippen LogP contribution in [-0.4, -0.2) is 54.7 Å². The fourth-order valence-electron chi connectivity index (χ4n) is 4.89. The SMILES string of the molecule is CCOCCCN(CC(=O)N(Cc1ccc2c(c1)OCO2)Cc1ccco1)C(=O)[C@H]1C[C@H]1c1ccccc1. The summed E-state index contributed by atoms with van der Waals surface area (Å²) in [4.78, 5) is 30.7. The molecule has 1 saturated carbocycles. The highest BCUT2D eigenvalue weighted by Gasteiger charge is 2.46. The number of furan rings is 1. The lowest BCUT2D eigenvalue weighted by molar-refractivity contribution is -0.142. The van der Waals surface area contributed by atoms with Gasteiger partial charge in [0, 0.05) is 32.2 Å². The molecule has 0 bridgehead atoms. The van der Waals surface area contributed by atoms with Crippen LogP contribution in [-0.2, 0) is 27.4 Å². The maximum atomic E-state index is 13.7. The van der Waals surface area contributed by atoms with Crippen LogP contribution in [0.3, 0.4) is 0 Å². The monoisotopic (exact) mass is 518 g/mol. The van der Waals surface area contributed by atoms with Crippen molar-refractivity contribution in [3.05, 3.63) is 83.8 Å². The minimum atomic E-state index is -0.138. The Bertz CT molecular complexity index is 1210. The van der Waals surface area contributed by atoms with E-state index in [0.29, 0.717) is 56.5 Å². The first-order valence-corrected chi connectivity index (χ1v) is 13.2. The van der Waals surface area contributed by atoms with Crippen LogP contribution in [0.1, 0.15) is 42.6 Å². The van der Waals surface area contributed by atoms with Gasteiger partial charge in [-0.3, -0.25) is 9.59 Å². The lowest BCUT2D eigenvalue weighted by Gasteiger charge is -2.28. The normalized spacial score (nSPS) is 17.3. The van der Waals surface area contributed by atoms with Gasteiger partial charge in [0.1, 0.15) is 5.76 Å². The van der Waals surface area contributed by atoms with Crippen LogP contribution in [0.5, 0.6) is 11.5 Å². The number of hydrogen-bond donors (Lipinski definition) is 0. The average molecular weight is 519 g/mol. The van der Waals surface area contributed by atoms with Gasteiger partial charge in [-0.1, -0.05) is 36.4 Å². The van der Waals surface area contributed by atoms with Gasteiger partial charge in [-0.2, -0.15) is 0 Å². The van der Waals surface area contributed by atoms with Gasteiger partial charge >= 0.3 is 0 Å². The second kappa shape index (κ2) is 12.2. The molecule has 2 aliphatic rings. The molecule has 0 saturated heterocycles. The van der Waals surface area contributed by atoms with Crippen molar-refractivity contribution in [2.24, 2.45) is 5.92 Å². The summed E-state index contributed by atoms with van der Waals surface area (Å²) in [5, 5.41) is 0. The van der Waals surface area contributed by atoms with Gasteiger partial charge in [0.25, 0.3) is 0 Å². The van der Waals surface area contributed by atoms with E-state index < -0.39 is 0 Å². The van der Waals surface area contributed by atoms with E-state index in [1.807, 2.05) is 49.4 Å². The van der Waals surface area contributed by atoms with Crippen LogP contribution < -0.4 is 9.47 Å². The number of fused-ring (bicyclic) bond motifs is 1. The topological polar surface area (TPSA) is 81.5 Å². The van der Waals surface area contributed by atoms with Crippen molar-refractivity contribution in [1.29, 1.82) is 0 Å². The molecular weight excluding hydrogens is 484 g/mol. The third-order valence-electron chi connectivity index (χ3n) is 6.98. The lowest BCUT2D eigenvalue weighted by atomic mass is 10.1. The highest BCUT2D eigenvalue weighted by Crippen LogP contribution is 2.48. The Morgan fingerprint density at radius 2 is 1.82 bits per heavy atom. The van der Waals surface area contributed by atoms with Gasteiger partial charge in [-0.25, -0.2) is 0 Å². The van der Waals surface area contributed by atoms with Gasteiger partial charge in [-0.05, 0) is 61.1 Å². The smallest absolute Gasteiger partial charge is 0.242 e. The molecule has 1 aliphatic carbocycles. The maximum Gasteiger partial charge on any atom is 0.242 e. The Labute approximate surface area is 223 Å². The summed E-state index contributed by atoms with van der Waals surface area (Å²) in [6.45, 7) is 4.45. The van der Waals surface area contributed by atoms with E-state index in [9.17, 15) is 9.59 Å². The first-order valence-electron chi connectivity index (χ1n) is 13.2. The molecule has 2 amide bonds. The highest BCUT2D eigenvalue weighted by molar-refractivity contribution is 5.88. The van der Waals surface area contributed by atoms with Crippen LogP contribution in [0.2, 0.25) is 0 Å². The van der Waals surface area contributed by atoms with Gasteiger partial charge in [0.15, 0.2) is 11.5 Å². The molecule has 5 rings (SSSR count). The minimum absolute atomic E-state index is 0.00816. The Hall–Kier alpha value is -3.78. The Morgan fingerprint density at radius 3 is 2.61 bits per heavy atom. The van der Waals surface area contributed by atoms with E-state index in [2.05, 4.69) is 12.1 Å². The maximum absolute atomic E-state index is 13.7. The molecule has 38 heavy (non-hydrogen) atoms. The molecule has 2 aromatic carbocycles. The van der Waals surface area contributed by atoms with Crippen molar-refractivity contribution >= 4 is 11.8 Å². The zero-order chi connectivity index (χ0) is 26.3. The van der Waals surface area contributed by atoms with Gasteiger partial charge in [-0.15, -0.1) is 0 Å². The van der Waals surface area contributed by atoms with Gasteiger partial charge in [0.2, 0.25) is 18.6 Å². The molecule has 1 fully saturated rings. The van der Waals surface area contributed by atoms with Crippen LogP contribution in [0.4, 0.5) is 0 Å². The highest BCUT2D eigenvalue weighted by atomic mass is 16.7. The molecule has 8 heteroatoms. The quantitative estimate of drug-likeness (QED) is 0.308. The lowest BCUT2D eigenvalue weighted by Crippen LogP contribution is -2.43. The third-order valence-corrected chi connectivity index (χ3v) is 6.98. The summed E-state index contributed by atoms with van der Waals surface area (Å²) >= 11 is 0. The number of amides is 2. The summed E-state index contributed by atoms with van der Waals surface area (Å²) in [6.07, 6.45) is 3.08. The third kappa shape index (κ3) is 6.37. The fourth-order valence-corrected chi connectivity index (χ4v) is 4.89. The van der Waals surface area contributed by atoms with Crippen molar-refractivity contribution in [3.8, 4) is 11.5 Å². The molecule has 1 aliphatic heterocycles. The van der Waals surface area contributed by atoms with Crippen molar-refractivity contribution in [2.45, 2.75) is 38.8 Å². The number of carbonyl (C=O) groups excluding carboxylic acids is 2. The Balaban J connectivity index is 1.30. The molecule has 8 nitrogen and oxygen atoms in total. The number of benzene rings is 2. The molecule has 3 aromatic rings. The van der Waals surface area contributed by atoms with E-state index in [1.165, 1.54) is 5.56 Å².